The molecule has 5 nitrogen and oxygen atoms in total. The molecular weight excluding hydrogens is 290 g/mol. The van der Waals surface area contributed by atoms with Crippen molar-refractivity contribution in [3.63, 3.8) is 0 Å². The number of amides is 1. The number of hydrogen-bond donors (Lipinski definition) is 1. The second-order valence-electron chi connectivity index (χ2n) is 6.10. The summed E-state index contributed by atoms with van der Waals surface area (Å²) in [6, 6.07) is 5.99. The smallest absolute Gasteiger partial charge is 0.227 e. The summed E-state index contributed by atoms with van der Waals surface area (Å²) in [7, 11) is 1.79. The average Bonchev–Trinajstić information content (AvgIpc) is 3.12. The van der Waals surface area contributed by atoms with Crippen LogP contribution in [-0.2, 0) is 17.8 Å². The molecule has 0 aliphatic carbocycles. The van der Waals surface area contributed by atoms with Crippen LogP contribution in [0.15, 0.2) is 29.0 Å². The van der Waals surface area contributed by atoms with Crippen LogP contribution < -0.4 is 0 Å². The zero-order valence-electron chi connectivity index (χ0n) is 13.9. The molecule has 23 heavy (non-hydrogen) atoms. The molecule has 5 heteroatoms. The molecule has 1 amide bonds. The van der Waals surface area contributed by atoms with Gasteiger partial charge in [-0.05, 0) is 37.5 Å². The van der Waals surface area contributed by atoms with Crippen LogP contribution in [0.1, 0.15) is 28.1 Å². The van der Waals surface area contributed by atoms with Gasteiger partial charge in [-0.25, -0.2) is 0 Å². The maximum atomic E-state index is 12.6. The fourth-order valence-corrected chi connectivity index (χ4v) is 2.97. The van der Waals surface area contributed by atoms with Gasteiger partial charge in [0.25, 0.3) is 0 Å². The third-order valence-electron chi connectivity index (χ3n) is 4.33. The maximum absolute atomic E-state index is 12.6. The number of aryl methyl sites for hydroxylation is 3. The average molecular weight is 311 g/mol. The van der Waals surface area contributed by atoms with Gasteiger partial charge in [0.2, 0.25) is 5.91 Å². The minimum Gasteiger partial charge on any atom is -0.364 e. The number of likely N-dealkylation sites (N-methyl/N-ethyl adjacent to an activating group) is 1. The molecule has 2 aromatic heterocycles. The third-order valence-corrected chi connectivity index (χ3v) is 4.33. The highest BCUT2D eigenvalue weighted by Crippen LogP contribution is 2.28. The Balaban J connectivity index is 1.88. The number of carbonyl (C=O) groups is 1. The van der Waals surface area contributed by atoms with Gasteiger partial charge in [0, 0.05) is 29.7 Å². The number of rotatable bonds is 4. The van der Waals surface area contributed by atoms with Crippen LogP contribution in [0.2, 0.25) is 0 Å². The Kier molecular flexibility index (Phi) is 3.94. The van der Waals surface area contributed by atoms with Crippen LogP contribution in [0.3, 0.4) is 0 Å². The number of nitrogens with one attached hydrogen (secondary N) is 1. The number of aromatic nitrogens is 2. The van der Waals surface area contributed by atoms with Gasteiger partial charge < -0.3 is 14.4 Å². The van der Waals surface area contributed by atoms with Crippen molar-refractivity contribution in [2.24, 2.45) is 0 Å². The summed E-state index contributed by atoms with van der Waals surface area (Å²) in [5.74, 6) is 0.0675. The standard InChI is InChI=1S/C18H21N3O2/c1-11-5-6-12(2)18-17(11)15(13(3)19-18)9-16(22)21(4)10-14-7-8-23-20-14/h5-8,19H,9-10H2,1-4H3. The number of benzene rings is 1. The molecule has 3 aromatic rings. The lowest BCUT2D eigenvalue weighted by Gasteiger charge is -2.16. The van der Waals surface area contributed by atoms with Crippen molar-refractivity contribution in [3.05, 3.63) is 52.5 Å². The van der Waals surface area contributed by atoms with Gasteiger partial charge in [0.05, 0.1) is 13.0 Å². The summed E-state index contributed by atoms with van der Waals surface area (Å²) in [5, 5.41) is 5.03. The lowest BCUT2D eigenvalue weighted by Crippen LogP contribution is -2.28. The normalized spacial score (nSPS) is 11.1. The van der Waals surface area contributed by atoms with Crippen LogP contribution in [0.25, 0.3) is 10.9 Å². The van der Waals surface area contributed by atoms with Gasteiger partial charge in [-0.2, -0.15) is 0 Å². The van der Waals surface area contributed by atoms with E-state index in [1.54, 1.807) is 18.0 Å². The Labute approximate surface area is 135 Å². The summed E-state index contributed by atoms with van der Waals surface area (Å²) >= 11 is 0. The van der Waals surface area contributed by atoms with Crippen molar-refractivity contribution < 1.29 is 9.32 Å². The van der Waals surface area contributed by atoms with Gasteiger partial charge in [0.15, 0.2) is 0 Å². The van der Waals surface area contributed by atoms with Gasteiger partial charge in [-0.3, -0.25) is 4.79 Å². The van der Waals surface area contributed by atoms with E-state index in [4.69, 9.17) is 4.52 Å². The molecule has 0 aliphatic rings. The highest BCUT2D eigenvalue weighted by Gasteiger charge is 2.18. The molecule has 0 bridgehead atoms. The van der Waals surface area contributed by atoms with Crippen molar-refractivity contribution in [3.8, 4) is 0 Å². The van der Waals surface area contributed by atoms with E-state index in [-0.39, 0.29) is 5.91 Å². The second-order valence-corrected chi connectivity index (χ2v) is 6.10. The minimum absolute atomic E-state index is 0.0675. The van der Waals surface area contributed by atoms with Gasteiger partial charge in [-0.1, -0.05) is 17.3 Å². The van der Waals surface area contributed by atoms with E-state index in [9.17, 15) is 4.79 Å². The molecule has 0 spiro atoms. The van der Waals surface area contributed by atoms with E-state index >= 15 is 0 Å². The molecule has 2 heterocycles. The third kappa shape index (κ3) is 2.86. The van der Waals surface area contributed by atoms with Crippen molar-refractivity contribution in [1.29, 1.82) is 0 Å². The van der Waals surface area contributed by atoms with Gasteiger partial charge in [-0.15, -0.1) is 0 Å². The van der Waals surface area contributed by atoms with Crippen LogP contribution in [0.4, 0.5) is 0 Å². The summed E-state index contributed by atoms with van der Waals surface area (Å²) in [5.41, 5.74) is 6.41. The van der Waals surface area contributed by atoms with Crippen molar-refractivity contribution in [1.82, 2.24) is 15.0 Å². The first-order valence-corrected chi connectivity index (χ1v) is 7.68. The number of nitrogens with zero attached hydrogens (tertiary/aromatic N) is 2. The van der Waals surface area contributed by atoms with E-state index in [2.05, 4.69) is 36.1 Å². The van der Waals surface area contributed by atoms with E-state index < -0.39 is 0 Å². The first-order valence-electron chi connectivity index (χ1n) is 7.68. The Morgan fingerprint density at radius 2 is 1.96 bits per heavy atom. The Hall–Kier alpha value is -2.56. The maximum Gasteiger partial charge on any atom is 0.227 e. The molecule has 0 saturated heterocycles. The molecule has 0 radical (unpaired) electrons. The van der Waals surface area contributed by atoms with Gasteiger partial charge in [0.1, 0.15) is 12.0 Å². The number of H-pyrrole nitrogens is 1. The molecule has 1 aromatic carbocycles. The lowest BCUT2D eigenvalue weighted by atomic mass is 10.0. The van der Waals surface area contributed by atoms with Gasteiger partial charge >= 0.3 is 0 Å². The van der Waals surface area contributed by atoms with Crippen LogP contribution in [0.5, 0.6) is 0 Å². The molecule has 0 unspecified atom stereocenters. The number of hydrogen-bond acceptors (Lipinski definition) is 3. The Morgan fingerprint density at radius 1 is 1.22 bits per heavy atom. The minimum atomic E-state index is 0.0675. The number of aromatic amines is 1. The molecule has 3 rings (SSSR count). The quantitative estimate of drug-likeness (QED) is 0.804. The van der Waals surface area contributed by atoms with E-state index in [1.807, 2.05) is 6.92 Å². The fourth-order valence-electron chi connectivity index (χ4n) is 2.97. The van der Waals surface area contributed by atoms with E-state index in [0.717, 1.165) is 22.5 Å². The summed E-state index contributed by atoms with van der Waals surface area (Å²) in [4.78, 5) is 17.7. The Bertz CT molecular complexity index is 847. The monoisotopic (exact) mass is 311 g/mol. The van der Waals surface area contributed by atoms with Crippen molar-refractivity contribution in [2.45, 2.75) is 33.7 Å². The summed E-state index contributed by atoms with van der Waals surface area (Å²) in [6.07, 6.45) is 1.90. The molecule has 0 saturated carbocycles. The SMILES string of the molecule is Cc1[nH]c2c(C)ccc(C)c2c1CC(=O)N(C)Cc1ccon1. The topological polar surface area (TPSA) is 62.1 Å². The summed E-state index contributed by atoms with van der Waals surface area (Å²) < 4.78 is 4.81. The first kappa shape index (κ1) is 15.3. The lowest BCUT2D eigenvalue weighted by molar-refractivity contribution is -0.129. The van der Waals surface area contributed by atoms with E-state index in [0.29, 0.717) is 13.0 Å². The highest BCUT2D eigenvalue weighted by molar-refractivity contribution is 5.93. The van der Waals surface area contributed by atoms with Crippen LogP contribution in [0, 0.1) is 20.8 Å². The van der Waals surface area contributed by atoms with Crippen LogP contribution in [-0.4, -0.2) is 28.0 Å². The van der Waals surface area contributed by atoms with Crippen molar-refractivity contribution >= 4 is 16.8 Å². The first-order chi connectivity index (χ1) is 11.0. The van der Waals surface area contributed by atoms with E-state index in [1.165, 1.54) is 22.8 Å². The summed E-state index contributed by atoms with van der Waals surface area (Å²) in [6.45, 7) is 6.65. The fraction of sp³-hybridized carbons (Fsp3) is 0.333. The largest absolute Gasteiger partial charge is 0.364 e. The molecular formula is C18H21N3O2. The molecule has 1 N–H and O–H groups in total. The predicted molar refractivity (Wildman–Crippen MR) is 89.2 cm³/mol. The number of fused-ring (bicyclic) bond motifs is 1. The number of carbonyl (C=O) groups excluding carboxylic acids is 1. The zero-order valence-corrected chi connectivity index (χ0v) is 13.9. The second kappa shape index (κ2) is 5.91. The molecule has 0 aliphatic heterocycles. The highest BCUT2D eigenvalue weighted by atomic mass is 16.5. The zero-order chi connectivity index (χ0) is 16.6. The molecule has 0 atom stereocenters. The Morgan fingerprint density at radius 3 is 2.65 bits per heavy atom. The van der Waals surface area contributed by atoms with Crippen LogP contribution >= 0.6 is 0 Å². The molecule has 120 valence electrons. The van der Waals surface area contributed by atoms with Crippen molar-refractivity contribution in [2.75, 3.05) is 7.05 Å². The molecule has 0 fully saturated rings. The predicted octanol–water partition coefficient (Wildman–Crippen LogP) is 3.28.